The Morgan fingerprint density at radius 1 is 1.24 bits per heavy atom. The van der Waals surface area contributed by atoms with Gasteiger partial charge < -0.3 is 10.4 Å². The second-order valence-corrected chi connectivity index (χ2v) is 5.26. The second kappa shape index (κ2) is 6.24. The van der Waals surface area contributed by atoms with Gasteiger partial charge in [0.05, 0.1) is 26.3 Å². The standard InChI is InChI=1S/C14H8BrClFNO3/c15-12-8(2-1-3-10(12)17)13(19)18-11-6-7(14(20)21)4-5-9(11)16/h1-6H,(H,18,19)(H,20,21). The van der Waals surface area contributed by atoms with E-state index in [-0.39, 0.29) is 26.3 Å². The fourth-order valence-electron chi connectivity index (χ4n) is 1.62. The zero-order chi connectivity index (χ0) is 15.6. The summed E-state index contributed by atoms with van der Waals surface area (Å²) in [5.74, 6) is -2.33. The lowest BCUT2D eigenvalue weighted by Gasteiger charge is -2.09. The highest BCUT2D eigenvalue weighted by atomic mass is 79.9. The third-order valence-corrected chi connectivity index (χ3v) is 3.79. The number of anilines is 1. The Hall–Kier alpha value is -1.92. The Balaban J connectivity index is 2.33. The molecule has 0 atom stereocenters. The Kier molecular flexibility index (Phi) is 4.59. The van der Waals surface area contributed by atoms with Crippen molar-refractivity contribution in [1.29, 1.82) is 0 Å². The van der Waals surface area contributed by atoms with E-state index in [1.165, 1.54) is 36.4 Å². The molecule has 0 saturated carbocycles. The number of carbonyl (C=O) groups excluding carboxylic acids is 1. The topological polar surface area (TPSA) is 66.4 Å². The molecule has 2 aromatic rings. The molecule has 0 saturated heterocycles. The van der Waals surface area contributed by atoms with E-state index in [0.717, 1.165) is 0 Å². The first-order chi connectivity index (χ1) is 9.90. The molecule has 4 nitrogen and oxygen atoms in total. The largest absolute Gasteiger partial charge is 0.478 e. The molecule has 7 heteroatoms. The van der Waals surface area contributed by atoms with Gasteiger partial charge in [-0.05, 0) is 46.3 Å². The molecule has 108 valence electrons. The van der Waals surface area contributed by atoms with Gasteiger partial charge in [0.2, 0.25) is 0 Å². The lowest BCUT2D eigenvalue weighted by molar-refractivity contribution is 0.0696. The van der Waals surface area contributed by atoms with E-state index in [4.69, 9.17) is 16.7 Å². The van der Waals surface area contributed by atoms with Gasteiger partial charge in [-0.3, -0.25) is 4.79 Å². The summed E-state index contributed by atoms with van der Waals surface area (Å²) >= 11 is 8.90. The summed E-state index contributed by atoms with van der Waals surface area (Å²) in [6.07, 6.45) is 0. The number of carboxylic acid groups (broad SMARTS) is 1. The number of amides is 1. The molecule has 0 bridgehead atoms. The number of halogens is 3. The average molecular weight is 373 g/mol. The molecular formula is C14H8BrClFNO3. The number of aromatic carboxylic acids is 1. The smallest absolute Gasteiger partial charge is 0.335 e. The van der Waals surface area contributed by atoms with Crippen molar-refractivity contribution >= 4 is 45.1 Å². The van der Waals surface area contributed by atoms with Gasteiger partial charge in [-0.2, -0.15) is 0 Å². The maximum Gasteiger partial charge on any atom is 0.335 e. The van der Waals surface area contributed by atoms with Gasteiger partial charge in [0.15, 0.2) is 0 Å². The fraction of sp³-hybridized carbons (Fsp3) is 0. The molecule has 0 aromatic heterocycles. The first kappa shape index (κ1) is 15.5. The molecule has 0 aliphatic rings. The summed E-state index contributed by atoms with van der Waals surface area (Å²) in [6.45, 7) is 0. The number of nitrogens with one attached hydrogen (secondary N) is 1. The normalized spacial score (nSPS) is 10.2. The van der Waals surface area contributed by atoms with E-state index >= 15 is 0 Å². The molecular weight excluding hydrogens is 365 g/mol. The molecule has 0 heterocycles. The van der Waals surface area contributed by atoms with Crippen LogP contribution in [0.4, 0.5) is 10.1 Å². The van der Waals surface area contributed by atoms with Crippen molar-refractivity contribution in [2.45, 2.75) is 0 Å². The maximum atomic E-state index is 13.4. The van der Waals surface area contributed by atoms with Crippen molar-refractivity contribution in [1.82, 2.24) is 0 Å². The van der Waals surface area contributed by atoms with Crippen LogP contribution in [-0.2, 0) is 0 Å². The van der Waals surface area contributed by atoms with Crippen LogP contribution in [0.5, 0.6) is 0 Å². The van der Waals surface area contributed by atoms with Crippen LogP contribution in [0.2, 0.25) is 5.02 Å². The number of benzene rings is 2. The monoisotopic (exact) mass is 371 g/mol. The molecule has 0 fully saturated rings. The van der Waals surface area contributed by atoms with Crippen molar-refractivity contribution in [3.05, 3.63) is 62.8 Å². The SMILES string of the molecule is O=C(O)c1ccc(Cl)c(NC(=O)c2cccc(F)c2Br)c1. The van der Waals surface area contributed by atoms with Crippen LogP contribution in [0.3, 0.4) is 0 Å². The molecule has 2 rings (SSSR count). The van der Waals surface area contributed by atoms with Gasteiger partial charge in [0.25, 0.3) is 5.91 Å². The lowest BCUT2D eigenvalue weighted by Crippen LogP contribution is -2.14. The highest BCUT2D eigenvalue weighted by Gasteiger charge is 2.15. The van der Waals surface area contributed by atoms with E-state index in [2.05, 4.69) is 21.2 Å². The average Bonchev–Trinajstić information content (AvgIpc) is 2.43. The lowest BCUT2D eigenvalue weighted by atomic mass is 10.1. The molecule has 21 heavy (non-hydrogen) atoms. The van der Waals surface area contributed by atoms with Gasteiger partial charge in [-0.1, -0.05) is 17.7 Å². The minimum absolute atomic E-state index is 0.0204. The van der Waals surface area contributed by atoms with Crippen LogP contribution in [-0.4, -0.2) is 17.0 Å². The van der Waals surface area contributed by atoms with Crippen molar-refractivity contribution in [3.63, 3.8) is 0 Å². The Bertz CT molecular complexity index is 736. The van der Waals surface area contributed by atoms with Crippen molar-refractivity contribution in [2.24, 2.45) is 0 Å². The highest BCUT2D eigenvalue weighted by molar-refractivity contribution is 9.10. The molecule has 0 aliphatic heterocycles. The zero-order valence-electron chi connectivity index (χ0n) is 10.4. The van der Waals surface area contributed by atoms with Crippen molar-refractivity contribution in [3.8, 4) is 0 Å². The first-order valence-corrected chi connectivity index (χ1v) is 6.85. The number of rotatable bonds is 3. The van der Waals surface area contributed by atoms with E-state index in [1.54, 1.807) is 0 Å². The van der Waals surface area contributed by atoms with Gasteiger partial charge >= 0.3 is 5.97 Å². The Morgan fingerprint density at radius 2 is 1.95 bits per heavy atom. The molecule has 0 aliphatic carbocycles. The van der Waals surface area contributed by atoms with Gasteiger partial charge in [0, 0.05) is 0 Å². The summed E-state index contributed by atoms with van der Waals surface area (Å²) < 4.78 is 13.4. The second-order valence-electron chi connectivity index (χ2n) is 4.06. The van der Waals surface area contributed by atoms with Gasteiger partial charge in [-0.25, -0.2) is 9.18 Å². The van der Waals surface area contributed by atoms with Gasteiger partial charge in [-0.15, -0.1) is 0 Å². The van der Waals surface area contributed by atoms with E-state index in [0.29, 0.717) is 0 Å². The van der Waals surface area contributed by atoms with Crippen LogP contribution < -0.4 is 5.32 Å². The quantitative estimate of drug-likeness (QED) is 0.849. The summed E-state index contributed by atoms with van der Waals surface area (Å²) in [5.41, 5.74) is 0.192. The summed E-state index contributed by atoms with van der Waals surface area (Å²) in [5, 5.41) is 11.6. The third-order valence-electron chi connectivity index (χ3n) is 2.66. The first-order valence-electron chi connectivity index (χ1n) is 5.68. The number of hydrogen-bond donors (Lipinski definition) is 2. The number of carbonyl (C=O) groups is 2. The van der Waals surface area contributed by atoms with Crippen LogP contribution in [0, 0.1) is 5.82 Å². The van der Waals surface area contributed by atoms with E-state index in [1.807, 2.05) is 0 Å². The molecule has 2 aromatic carbocycles. The van der Waals surface area contributed by atoms with Crippen LogP contribution in [0.25, 0.3) is 0 Å². The van der Waals surface area contributed by atoms with Crippen molar-refractivity contribution in [2.75, 3.05) is 5.32 Å². The molecule has 0 unspecified atom stereocenters. The fourth-order valence-corrected chi connectivity index (χ4v) is 2.23. The van der Waals surface area contributed by atoms with Gasteiger partial charge in [0.1, 0.15) is 5.82 Å². The van der Waals surface area contributed by atoms with E-state index in [9.17, 15) is 14.0 Å². The number of carboxylic acids is 1. The molecule has 0 spiro atoms. The van der Waals surface area contributed by atoms with Crippen LogP contribution in [0.15, 0.2) is 40.9 Å². The predicted molar refractivity (Wildman–Crippen MR) is 80.5 cm³/mol. The summed E-state index contributed by atoms with van der Waals surface area (Å²) in [7, 11) is 0. The predicted octanol–water partition coefficient (Wildman–Crippen LogP) is 4.19. The third kappa shape index (κ3) is 3.40. The van der Waals surface area contributed by atoms with Crippen LogP contribution >= 0.6 is 27.5 Å². The van der Waals surface area contributed by atoms with Crippen molar-refractivity contribution < 1.29 is 19.1 Å². The number of hydrogen-bond acceptors (Lipinski definition) is 2. The molecule has 1 amide bonds. The molecule has 2 N–H and O–H groups in total. The summed E-state index contributed by atoms with van der Waals surface area (Å²) in [4.78, 5) is 23.0. The highest BCUT2D eigenvalue weighted by Crippen LogP contribution is 2.26. The minimum Gasteiger partial charge on any atom is -0.478 e. The molecule has 0 radical (unpaired) electrons. The van der Waals surface area contributed by atoms with Crippen LogP contribution in [0.1, 0.15) is 20.7 Å². The minimum atomic E-state index is -1.14. The zero-order valence-corrected chi connectivity index (χ0v) is 12.7. The summed E-state index contributed by atoms with van der Waals surface area (Å²) in [6, 6.07) is 7.94. The Morgan fingerprint density at radius 3 is 2.62 bits per heavy atom. The van der Waals surface area contributed by atoms with E-state index < -0.39 is 17.7 Å². The maximum absolute atomic E-state index is 13.4. The Labute approximate surface area is 132 Å².